The predicted octanol–water partition coefficient (Wildman–Crippen LogP) is 3.22. The number of nitrogens with zero attached hydrogens (tertiary/aromatic N) is 3. The molecule has 0 N–H and O–H groups in total. The Morgan fingerprint density at radius 3 is 2.59 bits per heavy atom. The van der Waals surface area contributed by atoms with Gasteiger partial charge in [0, 0.05) is 31.0 Å². The minimum Gasteiger partial charge on any atom is -0.451 e. The zero-order valence-electron chi connectivity index (χ0n) is 16.7. The Labute approximate surface area is 161 Å². The van der Waals surface area contributed by atoms with Crippen LogP contribution >= 0.6 is 0 Å². The molecule has 6 nitrogen and oxygen atoms in total. The fourth-order valence-corrected chi connectivity index (χ4v) is 3.39. The lowest BCUT2D eigenvalue weighted by atomic mass is 9.99. The lowest BCUT2D eigenvalue weighted by molar-refractivity contribution is -0.149. The first-order valence-electron chi connectivity index (χ1n) is 9.60. The minimum absolute atomic E-state index is 0.0909. The minimum atomic E-state index is -0.753. The van der Waals surface area contributed by atoms with Crippen molar-refractivity contribution in [1.82, 2.24) is 9.47 Å². The van der Waals surface area contributed by atoms with Gasteiger partial charge in [-0.1, -0.05) is 13.8 Å². The van der Waals surface area contributed by atoms with Gasteiger partial charge < -0.3 is 14.2 Å². The molecule has 0 atom stereocenters. The molecule has 0 radical (unpaired) electrons. The van der Waals surface area contributed by atoms with Gasteiger partial charge in [-0.3, -0.25) is 4.79 Å². The number of rotatable bonds is 6. The van der Waals surface area contributed by atoms with Crippen molar-refractivity contribution in [3.8, 4) is 6.07 Å². The predicted molar refractivity (Wildman–Crippen MR) is 104 cm³/mol. The number of aryl methyl sites for hydroxylation is 1. The monoisotopic (exact) mass is 371 g/mol. The van der Waals surface area contributed by atoms with E-state index in [0.29, 0.717) is 19.0 Å². The molecule has 0 spiro atoms. The molecule has 27 heavy (non-hydrogen) atoms. The Morgan fingerprint density at radius 1 is 1.33 bits per heavy atom. The van der Waals surface area contributed by atoms with Gasteiger partial charge >= 0.3 is 5.97 Å². The van der Waals surface area contributed by atoms with E-state index in [4.69, 9.17) is 4.74 Å². The number of carbonyl (C=O) groups excluding carboxylic acids is 2. The molecule has 0 saturated carbocycles. The van der Waals surface area contributed by atoms with Crippen LogP contribution in [-0.4, -0.2) is 41.0 Å². The maximum Gasteiger partial charge on any atom is 0.349 e. The summed E-state index contributed by atoms with van der Waals surface area (Å²) >= 11 is 0. The molecule has 1 aliphatic rings. The maximum atomic E-state index is 12.3. The van der Waals surface area contributed by atoms with Crippen molar-refractivity contribution in [2.45, 2.75) is 53.5 Å². The van der Waals surface area contributed by atoms with E-state index in [-0.39, 0.29) is 18.1 Å². The van der Waals surface area contributed by atoms with Crippen molar-refractivity contribution in [1.29, 1.82) is 5.26 Å². The third-order valence-corrected chi connectivity index (χ3v) is 5.16. The quantitative estimate of drug-likeness (QED) is 0.437. The van der Waals surface area contributed by atoms with Crippen LogP contribution in [0.4, 0.5) is 0 Å². The summed E-state index contributed by atoms with van der Waals surface area (Å²) in [6.45, 7) is 10.2. The van der Waals surface area contributed by atoms with Gasteiger partial charge in [-0.15, -0.1) is 0 Å². The SMILES string of the molecule is CCCn1c(C)cc(/C=C(\C#N)C(=O)OCC(=O)N2CCC(C)CC2)c1C. The van der Waals surface area contributed by atoms with Gasteiger partial charge in [-0.05, 0) is 56.7 Å². The van der Waals surface area contributed by atoms with Gasteiger partial charge in [0.25, 0.3) is 5.91 Å². The van der Waals surface area contributed by atoms with Crippen molar-refractivity contribution < 1.29 is 14.3 Å². The number of piperidine rings is 1. The molecule has 1 saturated heterocycles. The van der Waals surface area contributed by atoms with Gasteiger partial charge in [0.1, 0.15) is 11.6 Å². The normalized spacial score (nSPS) is 15.5. The second-order valence-electron chi connectivity index (χ2n) is 7.29. The van der Waals surface area contributed by atoms with Gasteiger partial charge in [0.2, 0.25) is 0 Å². The Hall–Kier alpha value is -2.55. The number of hydrogen-bond donors (Lipinski definition) is 0. The molecule has 1 aromatic rings. The Bertz CT molecular complexity index is 762. The van der Waals surface area contributed by atoms with E-state index in [1.807, 2.05) is 26.0 Å². The molecule has 1 aromatic heterocycles. The summed E-state index contributed by atoms with van der Waals surface area (Å²) in [7, 11) is 0. The van der Waals surface area contributed by atoms with E-state index in [0.717, 1.165) is 42.8 Å². The summed E-state index contributed by atoms with van der Waals surface area (Å²) in [4.78, 5) is 26.2. The average Bonchev–Trinajstić information content (AvgIpc) is 2.92. The zero-order chi connectivity index (χ0) is 20.0. The summed E-state index contributed by atoms with van der Waals surface area (Å²) in [5.41, 5.74) is 2.83. The van der Waals surface area contributed by atoms with Crippen LogP contribution in [0.5, 0.6) is 0 Å². The summed E-state index contributed by atoms with van der Waals surface area (Å²) in [5.74, 6) is -0.332. The van der Waals surface area contributed by atoms with E-state index in [1.165, 1.54) is 0 Å². The molecule has 1 amide bonds. The third-order valence-electron chi connectivity index (χ3n) is 5.16. The van der Waals surface area contributed by atoms with Crippen LogP contribution in [0.15, 0.2) is 11.6 Å². The number of esters is 1. The van der Waals surface area contributed by atoms with Crippen LogP contribution in [0.25, 0.3) is 6.08 Å². The lowest BCUT2D eigenvalue weighted by Crippen LogP contribution is -2.40. The van der Waals surface area contributed by atoms with E-state index < -0.39 is 5.97 Å². The smallest absolute Gasteiger partial charge is 0.349 e. The van der Waals surface area contributed by atoms with Crippen LogP contribution < -0.4 is 0 Å². The number of nitriles is 1. The number of carbonyl (C=O) groups is 2. The van der Waals surface area contributed by atoms with Gasteiger partial charge in [-0.2, -0.15) is 5.26 Å². The molecular formula is C21H29N3O3. The first-order chi connectivity index (χ1) is 12.9. The second-order valence-corrected chi connectivity index (χ2v) is 7.29. The fraction of sp³-hybridized carbons (Fsp3) is 0.571. The number of likely N-dealkylation sites (tertiary alicyclic amines) is 1. The van der Waals surface area contributed by atoms with E-state index in [2.05, 4.69) is 18.4 Å². The molecule has 2 rings (SSSR count). The lowest BCUT2D eigenvalue weighted by Gasteiger charge is -2.30. The second kappa shape index (κ2) is 9.40. The molecule has 0 bridgehead atoms. The third kappa shape index (κ3) is 5.22. The van der Waals surface area contributed by atoms with Gasteiger partial charge in [0.15, 0.2) is 6.61 Å². The summed E-state index contributed by atoms with van der Waals surface area (Å²) < 4.78 is 7.27. The molecule has 1 aliphatic heterocycles. The molecule has 2 heterocycles. The summed E-state index contributed by atoms with van der Waals surface area (Å²) in [6, 6.07) is 3.85. The highest BCUT2D eigenvalue weighted by Crippen LogP contribution is 2.19. The van der Waals surface area contributed by atoms with Crippen LogP contribution in [-0.2, 0) is 20.9 Å². The van der Waals surface area contributed by atoms with Crippen molar-refractivity contribution in [3.63, 3.8) is 0 Å². The maximum absolute atomic E-state index is 12.3. The highest BCUT2D eigenvalue weighted by Gasteiger charge is 2.22. The van der Waals surface area contributed by atoms with E-state index >= 15 is 0 Å². The first kappa shape index (κ1) is 20.8. The van der Waals surface area contributed by atoms with Crippen molar-refractivity contribution >= 4 is 18.0 Å². The highest BCUT2D eigenvalue weighted by atomic mass is 16.5. The fourth-order valence-electron chi connectivity index (χ4n) is 3.39. The van der Waals surface area contributed by atoms with Gasteiger partial charge in [0.05, 0.1) is 0 Å². The van der Waals surface area contributed by atoms with Crippen molar-refractivity contribution in [3.05, 3.63) is 28.6 Å². The van der Waals surface area contributed by atoms with Crippen molar-refractivity contribution in [2.75, 3.05) is 19.7 Å². The van der Waals surface area contributed by atoms with E-state index in [1.54, 1.807) is 11.0 Å². The molecule has 146 valence electrons. The molecule has 1 fully saturated rings. The number of amides is 1. The van der Waals surface area contributed by atoms with Crippen LogP contribution in [0.2, 0.25) is 0 Å². The Kier molecular flexibility index (Phi) is 7.23. The van der Waals surface area contributed by atoms with Crippen LogP contribution in [0.3, 0.4) is 0 Å². The Morgan fingerprint density at radius 2 is 2.00 bits per heavy atom. The topological polar surface area (TPSA) is 75.3 Å². The molecule has 0 unspecified atom stereocenters. The van der Waals surface area contributed by atoms with Crippen LogP contribution in [0.1, 0.15) is 50.1 Å². The van der Waals surface area contributed by atoms with E-state index in [9.17, 15) is 14.9 Å². The molecular weight excluding hydrogens is 342 g/mol. The molecule has 6 heteroatoms. The number of hydrogen-bond acceptors (Lipinski definition) is 4. The summed E-state index contributed by atoms with van der Waals surface area (Å²) in [5, 5.41) is 9.35. The first-order valence-corrected chi connectivity index (χ1v) is 9.60. The molecule has 0 aliphatic carbocycles. The average molecular weight is 371 g/mol. The number of aromatic nitrogens is 1. The molecule has 0 aromatic carbocycles. The van der Waals surface area contributed by atoms with Gasteiger partial charge in [-0.25, -0.2) is 4.79 Å². The van der Waals surface area contributed by atoms with Crippen molar-refractivity contribution in [2.24, 2.45) is 5.92 Å². The zero-order valence-corrected chi connectivity index (χ0v) is 16.7. The summed E-state index contributed by atoms with van der Waals surface area (Å²) in [6.07, 6.45) is 4.49. The Balaban J connectivity index is 2.01. The van der Waals surface area contributed by atoms with Crippen LogP contribution in [0, 0.1) is 31.1 Å². The standard InChI is InChI=1S/C21H29N3O3/c1-5-8-24-16(3)11-18(17(24)4)12-19(13-22)21(26)27-14-20(25)23-9-6-15(2)7-10-23/h11-12,15H,5-10,14H2,1-4H3/b19-12+. The largest absolute Gasteiger partial charge is 0.451 e. The number of ether oxygens (including phenoxy) is 1. The highest BCUT2D eigenvalue weighted by molar-refractivity contribution is 5.99.